The van der Waals surface area contributed by atoms with Gasteiger partial charge < -0.3 is 14.8 Å². The lowest BCUT2D eigenvalue weighted by molar-refractivity contribution is -0.121. The van der Waals surface area contributed by atoms with Gasteiger partial charge in [0, 0.05) is 36.4 Å². The van der Waals surface area contributed by atoms with Crippen LogP contribution in [0.1, 0.15) is 35.2 Å². The molecule has 2 aromatic carbocycles. The summed E-state index contributed by atoms with van der Waals surface area (Å²) in [6, 6.07) is 12.5. The number of benzene rings is 2. The number of Topliss-reactive ketones (excluding diaryl/α,β-unsaturated/α-hetero) is 1. The second kappa shape index (κ2) is 8.72. The van der Waals surface area contributed by atoms with Gasteiger partial charge in [0.05, 0.1) is 13.2 Å². The summed E-state index contributed by atoms with van der Waals surface area (Å²) in [6.07, 6.45) is 1.06. The number of hydrogen-bond donors (Lipinski definition) is 1. The van der Waals surface area contributed by atoms with Crippen molar-refractivity contribution < 1.29 is 19.1 Å². The first-order valence-corrected chi connectivity index (χ1v) is 8.94. The van der Waals surface area contributed by atoms with Crippen molar-refractivity contribution in [2.45, 2.75) is 25.8 Å². The fraction of sp³-hybridized carbons (Fsp3) is 0.300. The maximum absolute atomic E-state index is 12.4. The van der Waals surface area contributed by atoms with Gasteiger partial charge in [0.2, 0.25) is 5.91 Å². The molecular weight excluding hydrogens is 354 g/mol. The average molecular weight is 374 g/mol. The molecule has 0 saturated heterocycles. The van der Waals surface area contributed by atoms with E-state index in [-0.39, 0.29) is 24.5 Å². The van der Waals surface area contributed by atoms with E-state index < -0.39 is 0 Å². The van der Waals surface area contributed by atoms with Crippen molar-refractivity contribution in [2.24, 2.45) is 0 Å². The number of hydrogen-bond acceptors (Lipinski definition) is 4. The molecule has 0 aromatic heterocycles. The highest BCUT2D eigenvalue weighted by Gasteiger charge is 2.15. The Kier molecular flexibility index (Phi) is 6.12. The van der Waals surface area contributed by atoms with E-state index in [0.29, 0.717) is 41.8 Å². The normalized spacial score (nSPS) is 13.0. The van der Waals surface area contributed by atoms with Gasteiger partial charge in [-0.2, -0.15) is 0 Å². The lowest BCUT2D eigenvalue weighted by Gasteiger charge is -2.09. The summed E-state index contributed by atoms with van der Waals surface area (Å²) in [5.74, 6) is 0.939. The van der Waals surface area contributed by atoms with Gasteiger partial charge in [-0.25, -0.2) is 0 Å². The number of fused-ring (bicyclic) bond motifs is 1. The molecule has 1 aliphatic heterocycles. The number of ketones is 1. The second-order valence-corrected chi connectivity index (χ2v) is 6.41. The molecule has 1 N–H and O–H groups in total. The Hall–Kier alpha value is -2.53. The van der Waals surface area contributed by atoms with Crippen LogP contribution in [0.5, 0.6) is 11.5 Å². The number of ether oxygens (including phenoxy) is 2. The minimum absolute atomic E-state index is 0.103. The van der Waals surface area contributed by atoms with E-state index in [0.717, 1.165) is 12.0 Å². The maximum Gasteiger partial charge on any atom is 0.220 e. The lowest BCUT2D eigenvalue weighted by Crippen LogP contribution is -2.23. The van der Waals surface area contributed by atoms with Crippen LogP contribution in [-0.4, -0.2) is 24.9 Å². The minimum Gasteiger partial charge on any atom is -0.490 e. The Bertz CT molecular complexity index is 806. The first kappa shape index (κ1) is 18.3. The zero-order valence-corrected chi connectivity index (χ0v) is 15.1. The quantitative estimate of drug-likeness (QED) is 0.782. The number of nitrogens with one attached hydrogen (secondary N) is 1. The highest BCUT2D eigenvalue weighted by Crippen LogP contribution is 2.30. The largest absolute Gasteiger partial charge is 0.490 e. The van der Waals surface area contributed by atoms with Gasteiger partial charge in [-0.1, -0.05) is 29.8 Å². The topological polar surface area (TPSA) is 64.6 Å². The van der Waals surface area contributed by atoms with Crippen molar-refractivity contribution in [2.75, 3.05) is 13.2 Å². The highest BCUT2D eigenvalue weighted by atomic mass is 35.5. The van der Waals surface area contributed by atoms with Crippen LogP contribution >= 0.6 is 11.6 Å². The smallest absolute Gasteiger partial charge is 0.220 e. The molecule has 2 aromatic rings. The van der Waals surface area contributed by atoms with Gasteiger partial charge >= 0.3 is 0 Å². The Morgan fingerprint density at radius 3 is 2.58 bits per heavy atom. The van der Waals surface area contributed by atoms with Gasteiger partial charge in [-0.3, -0.25) is 9.59 Å². The Morgan fingerprint density at radius 1 is 1.00 bits per heavy atom. The molecule has 5 nitrogen and oxygen atoms in total. The van der Waals surface area contributed by atoms with E-state index in [4.69, 9.17) is 21.1 Å². The summed E-state index contributed by atoms with van der Waals surface area (Å²) in [5, 5.41) is 3.39. The molecular formula is C20H20ClNO4. The third-order valence-electron chi connectivity index (χ3n) is 4.08. The van der Waals surface area contributed by atoms with Crippen LogP contribution in [0.15, 0.2) is 42.5 Å². The van der Waals surface area contributed by atoms with Gasteiger partial charge in [0.25, 0.3) is 0 Å². The van der Waals surface area contributed by atoms with Crippen molar-refractivity contribution in [1.29, 1.82) is 0 Å². The Balaban J connectivity index is 1.51. The second-order valence-electron chi connectivity index (χ2n) is 6.00. The zero-order chi connectivity index (χ0) is 18.4. The summed E-state index contributed by atoms with van der Waals surface area (Å²) in [7, 11) is 0. The summed E-state index contributed by atoms with van der Waals surface area (Å²) in [4.78, 5) is 24.3. The van der Waals surface area contributed by atoms with Crippen molar-refractivity contribution in [3.05, 3.63) is 58.6 Å². The average Bonchev–Trinajstić information content (AvgIpc) is 2.90. The van der Waals surface area contributed by atoms with Crippen LogP contribution in [-0.2, 0) is 11.3 Å². The third kappa shape index (κ3) is 4.76. The molecule has 0 unspecified atom stereocenters. The first-order valence-electron chi connectivity index (χ1n) is 8.56. The lowest BCUT2D eigenvalue weighted by atomic mass is 10.1. The first-order chi connectivity index (χ1) is 12.6. The summed E-state index contributed by atoms with van der Waals surface area (Å²) in [5.41, 5.74) is 1.37. The molecule has 3 rings (SSSR count). The number of carbonyl (C=O) groups is 2. The van der Waals surface area contributed by atoms with Crippen molar-refractivity contribution in [1.82, 2.24) is 5.32 Å². The zero-order valence-electron chi connectivity index (χ0n) is 14.3. The molecule has 6 heteroatoms. The van der Waals surface area contributed by atoms with Gasteiger partial charge in [-0.15, -0.1) is 0 Å². The van der Waals surface area contributed by atoms with Crippen LogP contribution in [0, 0.1) is 0 Å². The fourth-order valence-corrected chi connectivity index (χ4v) is 2.83. The molecule has 1 heterocycles. The molecule has 1 amide bonds. The predicted octanol–water partition coefficient (Wildman–Crippen LogP) is 3.78. The number of carbonyl (C=O) groups excluding carboxylic acids is 2. The Labute approximate surface area is 157 Å². The van der Waals surface area contributed by atoms with Crippen LogP contribution in [0.4, 0.5) is 0 Å². The predicted molar refractivity (Wildman–Crippen MR) is 98.9 cm³/mol. The number of halogens is 1. The van der Waals surface area contributed by atoms with E-state index in [2.05, 4.69) is 5.32 Å². The SMILES string of the molecule is O=C(CCC(=O)c1ccc2c(c1)OCCCO2)NCc1ccccc1Cl. The summed E-state index contributed by atoms with van der Waals surface area (Å²) >= 11 is 6.06. The molecule has 0 fully saturated rings. The van der Waals surface area contributed by atoms with Gasteiger partial charge in [-0.05, 0) is 29.8 Å². The van der Waals surface area contributed by atoms with E-state index in [1.54, 1.807) is 24.3 Å². The molecule has 0 saturated carbocycles. The van der Waals surface area contributed by atoms with E-state index in [1.165, 1.54) is 0 Å². The van der Waals surface area contributed by atoms with Crippen molar-refractivity contribution in [3.63, 3.8) is 0 Å². The van der Waals surface area contributed by atoms with E-state index in [9.17, 15) is 9.59 Å². The number of amides is 1. The number of rotatable bonds is 6. The van der Waals surface area contributed by atoms with E-state index in [1.807, 2.05) is 18.2 Å². The molecule has 1 aliphatic rings. The van der Waals surface area contributed by atoms with Crippen LogP contribution in [0.3, 0.4) is 0 Å². The molecule has 0 atom stereocenters. The van der Waals surface area contributed by atoms with Crippen LogP contribution in [0.2, 0.25) is 5.02 Å². The standard InChI is InChI=1S/C20H20ClNO4/c21-16-5-2-1-4-15(16)13-22-20(24)9-7-17(23)14-6-8-18-19(12-14)26-11-3-10-25-18/h1-2,4-6,8,12H,3,7,9-11,13H2,(H,22,24). The summed E-state index contributed by atoms with van der Waals surface area (Å²) < 4.78 is 11.1. The molecule has 0 spiro atoms. The van der Waals surface area contributed by atoms with Crippen LogP contribution < -0.4 is 14.8 Å². The third-order valence-corrected chi connectivity index (χ3v) is 4.45. The maximum atomic E-state index is 12.4. The molecule has 136 valence electrons. The Morgan fingerprint density at radius 2 is 1.77 bits per heavy atom. The molecule has 0 aliphatic carbocycles. The van der Waals surface area contributed by atoms with Crippen molar-refractivity contribution >= 4 is 23.3 Å². The van der Waals surface area contributed by atoms with Crippen LogP contribution in [0.25, 0.3) is 0 Å². The molecule has 26 heavy (non-hydrogen) atoms. The summed E-state index contributed by atoms with van der Waals surface area (Å²) in [6.45, 7) is 1.51. The van der Waals surface area contributed by atoms with Crippen molar-refractivity contribution in [3.8, 4) is 11.5 Å². The van der Waals surface area contributed by atoms with E-state index >= 15 is 0 Å². The highest BCUT2D eigenvalue weighted by molar-refractivity contribution is 6.31. The minimum atomic E-state index is -0.187. The fourth-order valence-electron chi connectivity index (χ4n) is 2.63. The molecule has 0 bridgehead atoms. The monoisotopic (exact) mass is 373 g/mol. The van der Waals surface area contributed by atoms with Gasteiger partial charge in [0.15, 0.2) is 17.3 Å². The van der Waals surface area contributed by atoms with Gasteiger partial charge in [0.1, 0.15) is 0 Å². The molecule has 0 radical (unpaired) electrons.